The lowest BCUT2D eigenvalue weighted by Crippen LogP contribution is -2.34. The number of likely N-dealkylation sites (tertiary alicyclic amines) is 1. The predicted molar refractivity (Wildman–Crippen MR) is 87.2 cm³/mol. The summed E-state index contributed by atoms with van der Waals surface area (Å²) < 4.78 is 0. The molecule has 0 amide bonds. The Hall–Kier alpha value is -0.710. The Kier molecular flexibility index (Phi) is 5.75. The van der Waals surface area contributed by atoms with Crippen LogP contribution in [-0.2, 0) is 0 Å². The fraction of sp³-hybridized carbons (Fsp3) is 0.643. The first-order valence-corrected chi connectivity index (χ1v) is 7.99. The van der Waals surface area contributed by atoms with Gasteiger partial charge in [0.15, 0.2) is 0 Å². The van der Waals surface area contributed by atoms with Crippen molar-refractivity contribution in [2.24, 2.45) is 0 Å². The van der Waals surface area contributed by atoms with Gasteiger partial charge in [0.1, 0.15) is 11.6 Å². The molecule has 1 atom stereocenters. The highest BCUT2D eigenvalue weighted by molar-refractivity contribution is 6.37. The number of rotatable bonds is 6. The van der Waals surface area contributed by atoms with Gasteiger partial charge in [0.2, 0.25) is 0 Å². The number of anilines is 2. The molecular weight excluding hydrogens is 295 g/mol. The fourth-order valence-electron chi connectivity index (χ4n) is 2.64. The van der Waals surface area contributed by atoms with Crippen molar-refractivity contribution in [3.05, 3.63) is 16.1 Å². The predicted octanol–water partition coefficient (Wildman–Crippen LogP) is 3.72. The molecule has 20 heavy (non-hydrogen) atoms. The molecule has 4 nitrogen and oxygen atoms in total. The van der Waals surface area contributed by atoms with E-state index in [1.165, 1.54) is 19.4 Å². The Morgan fingerprint density at radius 1 is 1.25 bits per heavy atom. The SMILES string of the molecule is CCNc1nc(NCC2CCCN2CC)c(Cl)cc1Cl. The van der Waals surface area contributed by atoms with Crippen LogP contribution in [0.1, 0.15) is 26.7 Å². The van der Waals surface area contributed by atoms with Crippen LogP contribution in [0, 0.1) is 0 Å². The van der Waals surface area contributed by atoms with Crippen LogP contribution in [0.3, 0.4) is 0 Å². The van der Waals surface area contributed by atoms with Crippen molar-refractivity contribution < 1.29 is 0 Å². The smallest absolute Gasteiger partial charge is 0.147 e. The van der Waals surface area contributed by atoms with Crippen LogP contribution in [0.25, 0.3) is 0 Å². The van der Waals surface area contributed by atoms with Crippen LogP contribution < -0.4 is 10.6 Å². The summed E-state index contributed by atoms with van der Waals surface area (Å²) in [6, 6.07) is 2.30. The Morgan fingerprint density at radius 3 is 2.60 bits per heavy atom. The summed E-state index contributed by atoms with van der Waals surface area (Å²) in [7, 11) is 0. The molecule has 0 aliphatic carbocycles. The monoisotopic (exact) mass is 316 g/mol. The minimum absolute atomic E-state index is 0.554. The normalized spacial score (nSPS) is 19.3. The molecule has 1 unspecified atom stereocenters. The molecule has 2 rings (SSSR count). The zero-order chi connectivity index (χ0) is 14.5. The third kappa shape index (κ3) is 3.68. The van der Waals surface area contributed by atoms with Crippen molar-refractivity contribution in [2.75, 3.05) is 36.8 Å². The van der Waals surface area contributed by atoms with Crippen molar-refractivity contribution in [2.45, 2.75) is 32.7 Å². The molecular formula is C14H22Cl2N4. The number of hydrogen-bond donors (Lipinski definition) is 2. The number of halogens is 2. The summed E-state index contributed by atoms with van der Waals surface area (Å²) in [5.74, 6) is 1.38. The summed E-state index contributed by atoms with van der Waals surface area (Å²) in [6.45, 7) is 8.14. The van der Waals surface area contributed by atoms with Gasteiger partial charge in [0.05, 0.1) is 10.0 Å². The molecule has 0 saturated carbocycles. The van der Waals surface area contributed by atoms with E-state index in [2.05, 4.69) is 27.4 Å². The number of nitrogens with zero attached hydrogens (tertiary/aromatic N) is 2. The van der Waals surface area contributed by atoms with Gasteiger partial charge >= 0.3 is 0 Å². The fourth-order valence-corrected chi connectivity index (χ4v) is 3.13. The van der Waals surface area contributed by atoms with E-state index in [9.17, 15) is 0 Å². The molecule has 1 aromatic rings. The van der Waals surface area contributed by atoms with E-state index in [1.807, 2.05) is 6.92 Å². The lowest BCUT2D eigenvalue weighted by atomic mass is 10.2. The quantitative estimate of drug-likeness (QED) is 0.839. The lowest BCUT2D eigenvalue weighted by Gasteiger charge is -2.23. The highest BCUT2D eigenvalue weighted by Crippen LogP contribution is 2.29. The first-order valence-electron chi connectivity index (χ1n) is 7.23. The molecule has 0 spiro atoms. The molecule has 0 bridgehead atoms. The Bertz CT molecular complexity index is 453. The van der Waals surface area contributed by atoms with Crippen LogP contribution in [0.2, 0.25) is 10.0 Å². The van der Waals surface area contributed by atoms with E-state index in [-0.39, 0.29) is 0 Å². The van der Waals surface area contributed by atoms with E-state index >= 15 is 0 Å². The highest BCUT2D eigenvalue weighted by Gasteiger charge is 2.23. The van der Waals surface area contributed by atoms with E-state index in [1.54, 1.807) is 6.07 Å². The van der Waals surface area contributed by atoms with Gasteiger partial charge in [0, 0.05) is 19.1 Å². The maximum atomic E-state index is 6.21. The zero-order valence-corrected chi connectivity index (χ0v) is 13.6. The zero-order valence-electron chi connectivity index (χ0n) is 12.0. The van der Waals surface area contributed by atoms with Crippen LogP contribution >= 0.6 is 23.2 Å². The minimum Gasteiger partial charge on any atom is -0.369 e. The molecule has 1 saturated heterocycles. The topological polar surface area (TPSA) is 40.2 Å². The van der Waals surface area contributed by atoms with E-state index < -0.39 is 0 Å². The number of likely N-dealkylation sites (N-methyl/N-ethyl adjacent to an activating group) is 1. The van der Waals surface area contributed by atoms with E-state index in [4.69, 9.17) is 23.2 Å². The maximum absolute atomic E-state index is 6.21. The molecule has 1 aromatic heterocycles. The maximum Gasteiger partial charge on any atom is 0.147 e. The van der Waals surface area contributed by atoms with Gasteiger partial charge in [-0.05, 0) is 38.9 Å². The summed E-state index contributed by atoms with van der Waals surface area (Å²) in [4.78, 5) is 6.96. The lowest BCUT2D eigenvalue weighted by molar-refractivity contribution is 0.277. The average molecular weight is 317 g/mol. The number of hydrogen-bond acceptors (Lipinski definition) is 4. The van der Waals surface area contributed by atoms with Gasteiger partial charge in [-0.15, -0.1) is 0 Å². The van der Waals surface area contributed by atoms with Gasteiger partial charge in [-0.2, -0.15) is 0 Å². The van der Waals surface area contributed by atoms with Crippen LogP contribution in [-0.4, -0.2) is 42.1 Å². The van der Waals surface area contributed by atoms with Crippen LogP contribution in [0.4, 0.5) is 11.6 Å². The first-order chi connectivity index (χ1) is 9.65. The second-order valence-electron chi connectivity index (χ2n) is 4.99. The Labute approximate surface area is 130 Å². The molecule has 6 heteroatoms. The number of nitrogens with one attached hydrogen (secondary N) is 2. The third-order valence-electron chi connectivity index (χ3n) is 3.68. The van der Waals surface area contributed by atoms with Gasteiger partial charge in [-0.1, -0.05) is 30.1 Å². The summed E-state index contributed by atoms with van der Waals surface area (Å²) in [5, 5.41) is 7.62. The van der Waals surface area contributed by atoms with Gasteiger partial charge in [-0.25, -0.2) is 4.98 Å². The van der Waals surface area contributed by atoms with Gasteiger partial charge in [0.25, 0.3) is 0 Å². The molecule has 0 radical (unpaired) electrons. The largest absolute Gasteiger partial charge is 0.369 e. The molecule has 0 aromatic carbocycles. The standard InChI is InChI=1S/C14H22Cl2N4/c1-3-17-13-11(15)8-12(16)14(19-13)18-9-10-6-5-7-20(10)4-2/h8,10H,3-7,9H2,1-2H3,(H2,17,18,19). The molecule has 2 N–H and O–H groups in total. The Morgan fingerprint density at radius 2 is 1.95 bits per heavy atom. The van der Waals surface area contributed by atoms with Crippen molar-refractivity contribution in [3.63, 3.8) is 0 Å². The van der Waals surface area contributed by atoms with E-state index in [0.717, 1.165) is 19.6 Å². The first kappa shape index (κ1) is 15.7. The molecule has 112 valence electrons. The second kappa shape index (κ2) is 7.34. The summed E-state index contributed by atoms with van der Waals surface area (Å²) in [5.41, 5.74) is 0. The van der Waals surface area contributed by atoms with Crippen molar-refractivity contribution in [1.82, 2.24) is 9.88 Å². The molecule has 2 heterocycles. The minimum atomic E-state index is 0.554. The summed E-state index contributed by atoms with van der Waals surface area (Å²) >= 11 is 12.3. The van der Waals surface area contributed by atoms with E-state index in [0.29, 0.717) is 27.7 Å². The van der Waals surface area contributed by atoms with Crippen LogP contribution in [0.15, 0.2) is 6.07 Å². The van der Waals surface area contributed by atoms with Crippen LogP contribution in [0.5, 0.6) is 0 Å². The number of pyridine rings is 1. The molecule has 1 aliphatic rings. The molecule has 1 fully saturated rings. The highest BCUT2D eigenvalue weighted by atomic mass is 35.5. The third-order valence-corrected chi connectivity index (χ3v) is 4.26. The number of aromatic nitrogens is 1. The van der Waals surface area contributed by atoms with Crippen molar-refractivity contribution in [1.29, 1.82) is 0 Å². The molecule has 1 aliphatic heterocycles. The average Bonchev–Trinajstić information content (AvgIpc) is 2.88. The van der Waals surface area contributed by atoms with Crippen molar-refractivity contribution in [3.8, 4) is 0 Å². The summed E-state index contributed by atoms with van der Waals surface area (Å²) in [6.07, 6.45) is 2.50. The second-order valence-corrected chi connectivity index (χ2v) is 5.80. The van der Waals surface area contributed by atoms with Gasteiger partial charge < -0.3 is 10.6 Å². The van der Waals surface area contributed by atoms with Gasteiger partial charge in [-0.3, -0.25) is 4.90 Å². The van der Waals surface area contributed by atoms with Crippen molar-refractivity contribution >= 4 is 34.8 Å². The Balaban J connectivity index is 2.03.